The molecule has 0 aliphatic heterocycles. The topological polar surface area (TPSA) is 95.9 Å². The van der Waals surface area contributed by atoms with E-state index in [1.54, 1.807) is 6.08 Å². The molecule has 0 spiro atoms. The fraction of sp³-hybridized carbons (Fsp3) is 0.909. The van der Waals surface area contributed by atoms with Gasteiger partial charge in [0.15, 0.2) is 0 Å². The number of unbranched alkanes of at least 4 members (excludes halogenated alkanes) is 48. The maximum Gasteiger partial charge on any atom is 0.305 e. The number of ether oxygens (including phenoxy) is 1. The van der Waals surface area contributed by atoms with E-state index in [0.717, 1.165) is 57.8 Å². The first-order chi connectivity index (χ1) is 35.5. The molecule has 6 heteroatoms. The molecule has 2 unspecified atom stereocenters. The fourth-order valence-corrected chi connectivity index (χ4v) is 10.2. The van der Waals surface area contributed by atoms with Crippen molar-refractivity contribution in [3.05, 3.63) is 24.3 Å². The van der Waals surface area contributed by atoms with E-state index in [4.69, 9.17) is 4.74 Å². The average Bonchev–Trinajstić information content (AvgIpc) is 3.38. The van der Waals surface area contributed by atoms with E-state index in [0.29, 0.717) is 19.4 Å². The van der Waals surface area contributed by atoms with Crippen LogP contribution in [-0.2, 0) is 14.3 Å². The Morgan fingerprint density at radius 1 is 0.375 bits per heavy atom. The summed E-state index contributed by atoms with van der Waals surface area (Å²) in [7, 11) is 0. The average molecular weight is 1010 g/mol. The molecule has 0 rings (SSSR count). The van der Waals surface area contributed by atoms with Gasteiger partial charge in [-0.25, -0.2) is 0 Å². The van der Waals surface area contributed by atoms with E-state index < -0.39 is 12.1 Å². The van der Waals surface area contributed by atoms with Crippen molar-refractivity contribution in [3.63, 3.8) is 0 Å². The minimum Gasteiger partial charge on any atom is -0.466 e. The number of allylic oxidation sites excluding steroid dienone is 3. The zero-order valence-electron chi connectivity index (χ0n) is 48.7. The summed E-state index contributed by atoms with van der Waals surface area (Å²) in [6, 6.07) is -0.638. The molecule has 72 heavy (non-hydrogen) atoms. The van der Waals surface area contributed by atoms with Crippen LogP contribution in [0.3, 0.4) is 0 Å². The van der Waals surface area contributed by atoms with Crippen molar-refractivity contribution in [2.75, 3.05) is 13.2 Å². The second kappa shape index (κ2) is 61.9. The minimum absolute atomic E-state index is 0.00146. The van der Waals surface area contributed by atoms with Gasteiger partial charge in [-0.1, -0.05) is 314 Å². The Morgan fingerprint density at radius 2 is 0.653 bits per heavy atom. The molecule has 0 aliphatic carbocycles. The summed E-state index contributed by atoms with van der Waals surface area (Å²) >= 11 is 0. The predicted octanol–water partition coefficient (Wildman–Crippen LogP) is 20.6. The van der Waals surface area contributed by atoms with E-state index in [1.165, 1.54) is 276 Å². The van der Waals surface area contributed by atoms with Gasteiger partial charge in [-0.05, 0) is 57.8 Å². The van der Waals surface area contributed by atoms with Gasteiger partial charge in [0, 0.05) is 12.8 Å². The third kappa shape index (κ3) is 57.6. The van der Waals surface area contributed by atoms with Crippen LogP contribution >= 0.6 is 0 Å². The van der Waals surface area contributed by atoms with Crippen LogP contribution in [-0.4, -0.2) is 47.4 Å². The Kier molecular flexibility index (Phi) is 60.5. The zero-order valence-corrected chi connectivity index (χ0v) is 48.7. The van der Waals surface area contributed by atoms with Crippen LogP contribution in [0, 0.1) is 0 Å². The van der Waals surface area contributed by atoms with Crippen molar-refractivity contribution in [2.24, 2.45) is 0 Å². The lowest BCUT2D eigenvalue weighted by Gasteiger charge is -2.20. The molecule has 0 radical (unpaired) electrons. The zero-order chi connectivity index (χ0) is 52.2. The maximum absolute atomic E-state index is 12.5. The molecule has 2 atom stereocenters. The third-order valence-corrected chi connectivity index (χ3v) is 15.2. The minimum atomic E-state index is -0.853. The standard InChI is InChI=1S/C66H127NO5/c1-3-5-7-9-11-13-15-17-19-21-22-23-24-25-27-30-34-38-42-46-50-54-58-64(69)63(62-68)67-65(70)59-55-51-47-43-39-35-31-28-26-29-33-37-41-45-49-53-57-61-72-66(71)60-56-52-48-44-40-36-32-20-18-16-14-12-10-8-6-4-2/h26,29,54,58,63-64,68-69H,3-25,27-28,30-53,55-57,59-62H2,1-2H3,(H,67,70)/b29-26-,58-54+. The third-order valence-electron chi connectivity index (χ3n) is 15.2. The molecule has 426 valence electrons. The molecule has 0 bridgehead atoms. The summed E-state index contributed by atoms with van der Waals surface area (Å²) in [5.74, 6) is -0.0749. The predicted molar refractivity (Wildman–Crippen MR) is 315 cm³/mol. The Balaban J connectivity index is 3.47. The summed E-state index contributed by atoms with van der Waals surface area (Å²) in [6.45, 7) is 4.92. The number of hydrogen-bond donors (Lipinski definition) is 3. The van der Waals surface area contributed by atoms with Crippen molar-refractivity contribution in [1.29, 1.82) is 0 Å². The molecule has 0 aliphatic rings. The van der Waals surface area contributed by atoms with Gasteiger partial charge in [0.2, 0.25) is 5.91 Å². The molecule has 0 saturated carbocycles. The van der Waals surface area contributed by atoms with E-state index in [2.05, 4.69) is 31.3 Å². The van der Waals surface area contributed by atoms with Crippen LogP contribution in [0.2, 0.25) is 0 Å². The Hall–Kier alpha value is -1.66. The molecule has 0 fully saturated rings. The number of carbonyl (C=O) groups excluding carboxylic acids is 2. The molecule has 0 saturated heterocycles. The lowest BCUT2D eigenvalue weighted by atomic mass is 10.0. The molecule has 3 N–H and O–H groups in total. The van der Waals surface area contributed by atoms with Gasteiger partial charge in [-0.15, -0.1) is 0 Å². The lowest BCUT2D eigenvalue weighted by molar-refractivity contribution is -0.143. The van der Waals surface area contributed by atoms with E-state index in [9.17, 15) is 19.8 Å². The van der Waals surface area contributed by atoms with Gasteiger partial charge in [-0.3, -0.25) is 9.59 Å². The van der Waals surface area contributed by atoms with Gasteiger partial charge >= 0.3 is 5.97 Å². The van der Waals surface area contributed by atoms with Gasteiger partial charge in [0.25, 0.3) is 0 Å². The normalized spacial score (nSPS) is 12.7. The second-order valence-corrected chi connectivity index (χ2v) is 22.5. The van der Waals surface area contributed by atoms with Crippen molar-refractivity contribution in [3.8, 4) is 0 Å². The maximum atomic E-state index is 12.5. The quantitative estimate of drug-likeness (QED) is 0.0320. The number of amides is 1. The highest BCUT2D eigenvalue weighted by atomic mass is 16.5. The highest BCUT2D eigenvalue weighted by molar-refractivity contribution is 5.76. The summed E-state index contributed by atoms with van der Waals surface area (Å²) < 4.78 is 5.48. The first kappa shape index (κ1) is 70.3. The molecule has 0 aromatic heterocycles. The van der Waals surface area contributed by atoms with Crippen LogP contribution in [0.15, 0.2) is 24.3 Å². The van der Waals surface area contributed by atoms with Crippen LogP contribution in [0.4, 0.5) is 0 Å². The first-order valence-corrected chi connectivity index (χ1v) is 32.6. The van der Waals surface area contributed by atoms with Gasteiger partial charge in [0.05, 0.1) is 25.4 Å². The molecule has 0 aromatic carbocycles. The Bertz CT molecular complexity index is 1120. The molecular weight excluding hydrogens is 887 g/mol. The molecule has 0 heterocycles. The molecular formula is C66H127NO5. The number of carbonyl (C=O) groups is 2. The highest BCUT2D eigenvalue weighted by Gasteiger charge is 2.18. The van der Waals surface area contributed by atoms with E-state index in [-0.39, 0.29) is 18.5 Å². The highest BCUT2D eigenvalue weighted by Crippen LogP contribution is 2.18. The number of rotatable bonds is 61. The van der Waals surface area contributed by atoms with E-state index in [1.807, 2.05) is 6.08 Å². The van der Waals surface area contributed by atoms with E-state index >= 15 is 0 Å². The Labute approximate surface area is 450 Å². The SMILES string of the molecule is CCCCCCCCCCCCCCCCCCCCCC/C=C/C(O)C(CO)NC(=O)CCCCCCCCC/C=C\CCCCCCCCOC(=O)CCCCCCCCCCCCCCCCCC. The molecule has 6 nitrogen and oxygen atoms in total. The van der Waals surface area contributed by atoms with Crippen LogP contribution < -0.4 is 5.32 Å². The van der Waals surface area contributed by atoms with Crippen LogP contribution in [0.5, 0.6) is 0 Å². The van der Waals surface area contributed by atoms with Gasteiger partial charge in [-0.2, -0.15) is 0 Å². The van der Waals surface area contributed by atoms with Crippen LogP contribution in [0.1, 0.15) is 361 Å². The lowest BCUT2D eigenvalue weighted by Crippen LogP contribution is -2.45. The van der Waals surface area contributed by atoms with Crippen molar-refractivity contribution in [2.45, 2.75) is 373 Å². The van der Waals surface area contributed by atoms with Crippen molar-refractivity contribution < 1.29 is 24.5 Å². The molecule has 0 aromatic rings. The Morgan fingerprint density at radius 3 is 0.986 bits per heavy atom. The fourth-order valence-electron chi connectivity index (χ4n) is 10.2. The smallest absolute Gasteiger partial charge is 0.305 e. The number of nitrogens with one attached hydrogen (secondary N) is 1. The number of aliphatic hydroxyl groups excluding tert-OH is 2. The largest absolute Gasteiger partial charge is 0.466 e. The monoisotopic (exact) mass is 1010 g/mol. The molecule has 1 amide bonds. The van der Waals surface area contributed by atoms with Crippen LogP contribution in [0.25, 0.3) is 0 Å². The number of aliphatic hydroxyl groups is 2. The summed E-state index contributed by atoms with van der Waals surface area (Å²) in [4.78, 5) is 24.6. The van der Waals surface area contributed by atoms with Crippen molar-refractivity contribution in [1.82, 2.24) is 5.32 Å². The van der Waals surface area contributed by atoms with Gasteiger partial charge < -0.3 is 20.3 Å². The van der Waals surface area contributed by atoms with Gasteiger partial charge in [0.1, 0.15) is 0 Å². The summed E-state index contributed by atoms with van der Waals surface area (Å²) in [5, 5.41) is 23.2. The summed E-state index contributed by atoms with van der Waals surface area (Å²) in [5.41, 5.74) is 0. The summed E-state index contributed by atoms with van der Waals surface area (Å²) in [6.07, 6.45) is 76.5. The number of hydrogen-bond acceptors (Lipinski definition) is 5. The van der Waals surface area contributed by atoms with Crippen molar-refractivity contribution >= 4 is 11.9 Å². The first-order valence-electron chi connectivity index (χ1n) is 32.6. The number of esters is 1. The second-order valence-electron chi connectivity index (χ2n) is 22.5.